The van der Waals surface area contributed by atoms with Crippen LogP contribution in [0, 0.1) is 0 Å². The minimum absolute atomic E-state index is 0.261. The van der Waals surface area contributed by atoms with Crippen molar-refractivity contribution in [2.45, 2.75) is 32.6 Å². The van der Waals surface area contributed by atoms with Gasteiger partial charge in [0.25, 0.3) is 0 Å². The van der Waals surface area contributed by atoms with Crippen LogP contribution in [0.3, 0.4) is 0 Å². The van der Waals surface area contributed by atoms with Crippen molar-refractivity contribution in [1.29, 1.82) is 0 Å². The Morgan fingerprint density at radius 2 is 2.25 bits per heavy atom. The number of hydrogen-bond acceptors (Lipinski definition) is 3. The maximum absolute atomic E-state index is 10.4. The number of aliphatic carboxylic acids is 1. The van der Waals surface area contributed by atoms with Crippen molar-refractivity contribution in [3.63, 3.8) is 0 Å². The van der Waals surface area contributed by atoms with Gasteiger partial charge in [0.15, 0.2) is 0 Å². The molecule has 0 atom stereocenters. The molecular formula is C15H20N2O2S. The van der Waals surface area contributed by atoms with E-state index in [0.717, 1.165) is 47.6 Å². The third-order valence-electron chi connectivity index (χ3n) is 3.17. The lowest BCUT2D eigenvalue weighted by Crippen LogP contribution is -1.96. The van der Waals surface area contributed by atoms with Crippen LogP contribution in [0.25, 0.3) is 11.0 Å². The van der Waals surface area contributed by atoms with Crippen molar-refractivity contribution in [3.05, 3.63) is 29.6 Å². The predicted octanol–water partition coefficient (Wildman–Crippen LogP) is 3.27. The molecule has 2 rings (SSSR count). The minimum Gasteiger partial charge on any atom is -0.481 e. The van der Waals surface area contributed by atoms with Crippen LogP contribution in [-0.4, -0.2) is 32.5 Å². The quantitative estimate of drug-likeness (QED) is 0.733. The number of carboxylic acid groups (broad SMARTS) is 1. The highest BCUT2D eigenvalue weighted by Crippen LogP contribution is 2.15. The zero-order valence-electron chi connectivity index (χ0n) is 11.7. The molecule has 0 unspecified atom stereocenters. The van der Waals surface area contributed by atoms with Gasteiger partial charge in [0.1, 0.15) is 5.82 Å². The molecule has 0 amide bonds. The third-order valence-corrected chi connectivity index (χ3v) is 4.24. The molecule has 5 heteroatoms. The van der Waals surface area contributed by atoms with Crippen LogP contribution in [0.4, 0.5) is 0 Å². The van der Waals surface area contributed by atoms with E-state index in [1.807, 2.05) is 0 Å². The molecule has 1 heterocycles. The fourth-order valence-electron chi connectivity index (χ4n) is 2.04. The number of fused-ring (bicyclic) bond motifs is 1. The summed E-state index contributed by atoms with van der Waals surface area (Å²) in [6, 6.07) is 6.34. The van der Waals surface area contributed by atoms with Crippen molar-refractivity contribution >= 4 is 28.8 Å². The summed E-state index contributed by atoms with van der Waals surface area (Å²) < 4.78 is 0. The number of thioether (sulfide) groups is 1. The zero-order valence-corrected chi connectivity index (χ0v) is 12.5. The number of rotatable bonds is 8. The van der Waals surface area contributed by atoms with Crippen LogP contribution < -0.4 is 0 Å². The van der Waals surface area contributed by atoms with Crippen molar-refractivity contribution in [2.24, 2.45) is 0 Å². The summed E-state index contributed by atoms with van der Waals surface area (Å²) in [7, 11) is 0. The van der Waals surface area contributed by atoms with Crippen LogP contribution in [-0.2, 0) is 17.6 Å². The van der Waals surface area contributed by atoms with E-state index in [2.05, 4.69) is 35.1 Å². The van der Waals surface area contributed by atoms with Gasteiger partial charge in [0.2, 0.25) is 0 Å². The predicted molar refractivity (Wildman–Crippen MR) is 83.4 cm³/mol. The molecule has 0 fully saturated rings. The lowest BCUT2D eigenvalue weighted by Gasteiger charge is -1.98. The van der Waals surface area contributed by atoms with Crippen molar-refractivity contribution in [1.82, 2.24) is 9.97 Å². The van der Waals surface area contributed by atoms with Crippen molar-refractivity contribution in [2.75, 3.05) is 11.5 Å². The Hall–Kier alpha value is -1.49. The number of imidazole rings is 1. The lowest BCUT2D eigenvalue weighted by atomic mass is 10.1. The average Bonchev–Trinajstić information content (AvgIpc) is 2.83. The first-order chi connectivity index (χ1) is 9.69. The van der Waals surface area contributed by atoms with Gasteiger partial charge < -0.3 is 10.1 Å². The fraction of sp³-hybridized carbons (Fsp3) is 0.467. The molecule has 108 valence electrons. The molecule has 0 aliphatic heterocycles. The molecule has 1 aromatic carbocycles. The fourth-order valence-corrected chi connectivity index (χ4v) is 2.93. The average molecular weight is 292 g/mol. The second-order valence-corrected chi connectivity index (χ2v) is 5.97. The van der Waals surface area contributed by atoms with E-state index < -0.39 is 5.97 Å². The molecule has 2 aromatic rings. The van der Waals surface area contributed by atoms with Gasteiger partial charge in [-0.2, -0.15) is 11.8 Å². The number of aromatic amines is 1. The number of hydrogen-bond donors (Lipinski definition) is 2. The summed E-state index contributed by atoms with van der Waals surface area (Å²) in [6.45, 7) is 2.15. The highest BCUT2D eigenvalue weighted by Gasteiger charge is 2.03. The summed E-state index contributed by atoms with van der Waals surface area (Å²) in [6.07, 6.45) is 2.93. The standard InChI is InChI=1S/C15H20N2O2S/c1-2-11-5-6-12-13(10-11)17-14(16-12)7-9-20-8-3-4-15(18)19/h5-6,10H,2-4,7-9H2,1H3,(H,16,17)(H,18,19). The number of aromatic nitrogens is 2. The van der Waals surface area contributed by atoms with Gasteiger partial charge in [-0.1, -0.05) is 13.0 Å². The number of nitrogens with one attached hydrogen (secondary N) is 1. The number of nitrogens with zero attached hydrogens (tertiary/aromatic N) is 1. The lowest BCUT2D eigenvalue weighted by molar-refractivity contribution is -0.137. The first-order valence-corrected chi connectivity index (χ1v) is 8.11. The number of benzene rings is 1. The molecule has 1 aromatic heterocycles. The Morgan fingerprint density at radius 3 is 3.00 bits per heavy atom. The second-order valence-electron chi connectivity index (χ2n) is 4.75. The second kappa shape index (κ2) is 7.33. The first kappa shape index (κ1) is 14.9. The zero-order chi connectivity index (χ0) is 14.4. The topological polar surface area (TPSA) is 66.0 Å². The van der Waals surface area contributed by atoms with E-state index in [1.165, 1.54) is 5.56 Å². The number of carbonyl (C=O) groups is 1. The van der Waals surface area contributed by atoms with Gasteiger partial charge in [0.05, 0.1) is 11.0 Å². The molecule has 0 aliphatic carbocycles. The highest BCUT2D eigenvalue weighted by atomic mass is 32.2. The van der Waals surface area contributed by atoms with E-state index in [-0.39, 0.29) is 6.42 Å². The molecule has 0 bridgehead atoms. The van der Waals surface area contributed by atoms with E-state index in [1.54, 1.807) is 11.8 Å². The summed E-state index contributed by atoms with van der Waals surface area (Å²) in [5, 5.41) is 8.55. The van der Waals surface area contributed by atoms with E-state index in [4.69, 9.17) is 5.11 Å². The van der Waals surface area contributed by atoms with Crippen LogP contribution in [0.15, 0.2) is 18.2 Å². The molecule has 20 heavy (non-hydrogen) atoms. The maximum Gasteiger partial charge on any atom is 0.303 e. The van der Waals surface area contributed by atoms with Crippen LogP contribution in [0.1, 0.15) is 31.2 Å². The Balaban J connectivity index is 1.80. The molecule has 2 N–H and O–H groups in total. The van der Waals surface area contributed by atoms with E-state index in [0.29, 0.717) is 0 Å². The molecule has 0 spiro atoms. The maximum atomic E-state index is 10.4. The normalized spacial score (nSPS) is 11.1. The molecule has 0 aliphatic rings. The Kier molecular flexibility index (Phi) is 5.47. The monoisotopic (exact) mass is 292 g/mol. The summed E-state index contributed by atoms with van der Waals surface area (Å²) in [4.78, 5) is 18.3. The van der Waals surface area contributed by atoms with Gasteiger partial charge >= 0.3 is 5.97 Å². The van der Waals surface area contributed by atoms with Gasteiger partial charge in [-0.15, -0.1) is 0 Å². The first-order valence-electron chi connectivity index (χ1n) is 6.96. The smallest absolute Gasteiger partial charge is 0.303 e. The van der Waals surface area contributed by atoms with Crippen LogP contribution in [0.5, 0.6) is 0 Å². The summed E-state index contributed by atoms with van der Waals surface area (Å²) in [5.41, 5.74) is 3.44. The van der Waals surface area contributed by atoms with Crippen LogP contribution in [0.2, 0.25) is 0 Å². The minimum atomic E-state index is -0.713. The Labute approximate surface area is 123 Å². The molecule has 0 radical (unpaired) electrons. The SMILES string of the molecule is CCc1ccc2nc(CCSCCCC(=O)O)[nH]c2c1. The Morgan fingerprint density at radius 1 is 1.40 bits per heavy atom. The third kappa shape index (κ3) is 4.27. The van der Waals surface area contributed by atoms with Crippen molar-refractivity contribution < 1.29 is 9.90 Å². The van der Waals surface area contributed by atoms with Gasteiger partial charge in [-0.05, 0) is 36.3 Å². The van der Waals surface area contributed by atoms with Gasteiger partial charge in [0, 0.05) is 18.6 Å². The summed E-state index contributed by atoms with van der Waals surface area (Å²) in [5.74, 6) is 2.17. The Bertz CT molecular complexity index is 580. The van der Waals surface area contributed by atoms with Crippen LogP contribution >= 0.6 is 11.8 Å². The summed E-state index contributed by atoms with van der Waals surface area (Å²) >= 11 is 1.78. The number of H-pyrrole nitrogens is 1. The molecule has 4 nitrogen and oxygen atoms in total. The van der Waals surface area contributed by atoms with E-state index in [9.17, 15) is 4.79 Å². The number of aryl methyl sites for hydroxylation is 2. The number of carboxylic acids is 1. The largest absolute Gasteiger partial charge is 0.481 e. The van der Waals surface area contributed by atoms with Gasteiger partial charge in [-0.3, -0.25) is 4.79 Å². The van der Waals surface area contributed by atoms with Gasteiger partial charge in [-0.25, -0.2) is 4.98 Å². The molecule has 0 saturated carbocycles. The highest BCUT2D eigenvalue weighted by molar-refractivity contribution is 7.99. The molecule has 0 saturated heterocycles. The molecular weight excluding hydrogens is 272 g/mol. The van der Waals surface area contributed by atoms with Crippen molar-refractivity contribution in [3.8, 4) is 0 Å². The van der Waals surface area contributed by atoms with E-state index >= 15 is 0 Å².